The summed E-state index contributed by atoms with van der Waals surface area (Å²) >= 11 is 0. The van der Waals surface area contributed by atoms with Gasteiger partial charge in [0.15, 0.2) is 0 Å². The molecule has 24 valence electrons. The fourth-order valence-corrected chi connectivity index (χ4v) is 0. The predicted molar refractivity (Wildman–Crippen MR) is 17.1 cm³/mol. The van der Waals surface area contributed by atoms with Crippen molar-refractivity contribution in [2.75, 3.05) is 0 Å². The molecule has 0 bridgehead atoms. The van der Waals surface area contributed by atoms with Gasteiger partial charge < -0.3 is 5.11 Å². The van der Waals surface area contributed by atoms with Gasteiger partial charge in [-0.1, -0.05) is 6.26 Å². The predicted octanol–water partition coefficient (Wildman–Crippen LogP) is -2.10. The second-order valence-corrected chi connectivity index (χ2v) is 0.385. The van der Waals surface area contributed by atoms with Crippen LogP contribution in [0.25, 0.3) is 0 Å². The van der Waals surface area contributed by atoms with E-state index in [1.807, 2.05) is 0 Å². The van der Waals surface area contributed by atoms with Crippen molar-refractivity contribution in [2.24, 2.45) is 0 Å². The van der Waals surface area contributed by atoms with Crippen molar-refractivity contribution in [3.63, 3.8) is 0 Å². The third-order valence-corrected chi connectivity index (χ3v) is 0.105. The molecule has 5 heavy (non-hydrogen) atoms. The van der Waals surface area contributed by atoms with Crippen molar-refractivity contribution in [3.05, 3.63) is 19.3 Å². The molecule has 0 atom stereocenters. The van der Waals surface area contributed by atoms with Crippen LogP contribution < -0.4 is 51.4 Å². The first-order chi connectivity index (χ1) is 1.91. The van der Waals surface area contributed by atoms with Crippen molar-refractivity contribution < 1.29 is 56.5 Å². The van der Waals surface area contributed by atoms with Gasteiger partial charge in [0.05, 0.1) is 0 Å². The molecular formula is C3H5KO. The maximum Gasteiger partial charge on any atom is 1.00 e. The molecule has 0 heterocycles. The zero-order chi connectivity index (χ0) is 3.41. The monoisotopic (exact) mass is 96.0 g/mol. The van der Waals surface area contributed by atoms with E-state index in [4.69, 9.17) is 5.11 Å². The molecule has 0 rings (SSSR count). The molecule has 0 aromatic heterocycles. The number of rotatable bonds is 0. The smallest absolute Gasteiger partial charge is 0.600 e. The molecule has 0 radical (unpaired) electrons. The topological polar surface area (TPSA) is 20.2 Å². The zero-order valence-corrected chi connectivity index (χ0v) is 6.43. The van der Waals surface area contributed by atoms with Gasteiger partial charge >= 0.3 is 51.4 Å². The van der Waals surface area contributed by atoms with Crippen LogP contribution in [0.3, 0.4) is 0 Å². The molecular weight excluding hydrogens is 91.1 g/mol. The van der Waals surface area contributed by atoms with Gasteiger partial charge in [-0.3, -0.25) is 0 Å². The molecule has 0 aliphatic carbocycles. The van der Waals surface area contributed by atoms with Gasteiger partial charge in [-0.15, -0.1) is 0 Å². The maximum atomic E-state index is 7.63. The van der Waals surface area contributed by atoms with E-state index in [-0.39, 0.29) is 51.4 Å². The Labute approximate surface area is 74.5 Å². The van der Waals surface area contributed by atoms with Crippen LogP contribution in [0.4, 0.5) is 0 Å². The molecule has 0 aromatic carbocycles. The van der Waals surface area contributed by atoms with E-state index in [9.17, 15) is 0 Å². The van der Waals surface area contributed by atoms with E-state index in [1.54, 1.807) is 0 Å². The fourth-order valence-electron chi connectivity index (χ4n) is 0. The van der Waals surface area contributed by atoms with Gasteiger partial charge in [0, 0.05) is 0 Å². The van der Waals surface area contributed by atoms with Gasteiger partial charge in [-0.25, -0.2) is 6.92 Å². The normalized spacial score (nSPS) is 7.20. The summed E-state index contributed by atoms with van der Waals surface area (Å²) in [5, 5.41) is 7.63. The largest absolute Gasteiger partial charge is 1.00 e. The molecule has 1 nitrogen and oxygen atoms in total. The van der Waals surface area contributed by atoms with Crippen molar-refractivity contribution in [1.29, 1.82) is 0 Å². The number of hydrogen-bond acceptors (Lipinski definition) is 1. The Bertz CT molecular complexity index is 22.1. The molecule has 0 aliphatic rings. The fraction of sp³-hybridized carbons (Fsp3) is 0. The molecule has 0 amide bonds. The van der Waals surface area contributed by atoms with Crippen LogP contribution in [-0.2, 0) is 0 Å². The van der Waals surface area contributed by atoms with E-state index in [0.29, 0.717) is 0 Å². The van der Waals surface area contributed by atoms with Crippen LogP contribution >= 0.6 is 0 Å². The van der Waals surface area contributed by atoms with E-state index < -0.39 is 0 Å². The molecule has 0 aliphatic heterocycles. The first kappa shape index (κ1) is 9.40. The molecule has 0 aromatic rings. The van der Waals surface area contributed by atoms with Gasteiger partial charge in [-0.2, -0.15) is 6.08 Å². The summed E-state index contributed by atoms with van der Waals surface area (Å²) in [5.74, 6) is 0. The number of allylic oxidation sites excluding steroid dienone is 1. The summed E-state index contributed by atoms with van der Waals surface area (Å²) in [4.78, 5) is 0. The first-order valence-electron chi connectivity index (χ1n) is 1.000. The minimum absolute atomic E-state index is 0. The first-order valence-corrected chi connectivity index (χ1v) is 1.000. The van der Waals surface area contributed by atoms with Crippen molar-refractivity contribution in [2.45, 2.75) is 0 Å². The Balaban J connectivity index is 0. The standard InChI is InChI=1S/C3H5O.K/c1-2-3-4;/h2-4H,1H2;/q-1;+1. The summed E-state index contributed by atoms with van der Waals surface area (Å²) in [6.07, 6.45) is 2.19. The van der Waals surface area contributed by atoms with Crippen LogP contribution in [0.5, 0.6) is 0 Å². The molecule has 0 fully saturated rings. The molecule has 0 unspecified atom stereocenters. The van der Waals surface area contributed by atoms with Crippen LogP contribution in [0.15, 0.2) is 12.3 Å². The van der Waals surface area contributed by atoms with Gasteiger partial charge in [0.2, 0.25) is 0 Å². The summed E-state index contributed by atoms with van der Waals surface area (Å²) in [7, 11) is 0. The second-order valence-electron chi connectivity index (χ2n) is 0.385. The third kappa shape index (κ3) is 11.2. The summed E-state index contributed by atoms with van der Waals surface area (Å²) in [5.41, 5.74) is 0. The Kier molecular flexibility index (Phi) is 16.7. The molecule has 0 spiro atoms. The molecule has 1 N–H and O–H groups in total. The summed E-state index contributed by atoms with van der Waals surface area (Å²) in [6.45, 7) is 3.17. The summed E-state index contributed by atoms with van der Waals surface area (Å²) in [6, 6.07) is 0. The van der Waals surface area contributed by atoms with Gasteiger partial charge in [0.25, 0.3) is 0 Å². The van der Waals surface area contributed by atoms with Crippen LogP contribution in [0.2, 0.25) is 0 Å². The Morgan fingerprint density at radius 2 is 1.80 bits per heavy atom. The van der Waals surface area contributed by atoms with E-state index in [2.05, 4.69) is 6.92 Å². The molecule has 2 heteroatoms. The van der Waals surface area contributed by atoms with Crippen molar-refractivity contribution >= 4 is 0 Å². The van der Waals surface area contributed by atoms with Crippen LogP contribution in [-0.4, -0.2) is 5.11 Å². The quantitative estimate of drug-likeness (QED) is 0.208. The average molecular weight is 96.2 g/mol. The van der Waals surface area contributed by atoms with Crippen molar-refractivity contribution in [3.8, 4) is 0 Å². The van der Waals surface area contributed by atoms with Crippen molar-refractivity contribution in [1.82, 2.24) is 0 Å². The molecule has 0 saturated heterocycles. The number of hydrogen-bond donors (Lipinski definition) is 1. The second kappa shape index (κ2) is 8.90. The Morgan fingerprint density at radius 1 is 1.60 bits per heavy atom. The number of aliphatic hydroxyl groups is 1. The summed E-state index contributed by atoms with van der Waals surface area (Å²) < 4.78 is 0. The van der Waals surface area contributed by atoms with E-state index >= 15 is 0 Å². The van der Waals surface area contributed by atoms with E-state index in [0.717, 1.165) is 6.26 Å². The minimum atomic E-state index is 0. The van der Waals surface area contributed by atoms with Crippen LogP contribution in [0.1, 0.15) is 0 Å². The maximum absolute atomic E-state index is 7.63. The SMILES string of the molecule is [CH2-]C=CO.[K+]. The molecule has 0 saturated carbocycles. The zero-order valence-electron chi connectivity index (χ0n) is 3.31. The average Bonchev–Trinajstić information content (AvgIpc) is 1.37. The third-order valence-electron chi connectivity index (χ3n) is 0.105. The van der Waals surface area contributed by atoms with Crippen LogP contribution in [0, 0.1) is 6.92 Å². The Morgan fingerprint density at radius 3 is 1.80 bits per heavy atom. The number of aliphatic hydroxyl groups excluding tert-OH is 1. The van der Waals surface area contributed by atoms with Gasteiger partial charge in [-0.05, 0) is 0 Å². The van der Waals surface area contributed by atoms with E-state index in [1.165, 1.54) is 6.08 Å². The Hall–Kier alpha value is 1.05. The minimum Gasteiger partial charge on any atom is -0.600 e. The van der Waals surface area contributed by atoms with Gasteiger partial charge in [0.1, 0.15) is 0 Å².